The average molecular weight is 188 g/mol. The first kappa shape index (κ1) is 9.02. The van der Waals surface area contributed by atoms with Gasteiger partial charge in [-0.2, -0.15) is 0 Å². The summed E-state index contributed by atoms with van der Waals surface area (Å²) in [5, 5.41) is 2.57. The lowest BCUT2D eigenvalue weighted by Gasteiger charge is -1.97. The van der Waals surface area contributed by atoms with E-state index < -0.39 is 0 Å². The zero-order valence-corrected chi connectivity index (χ0v) is 6.75. The molecule has 1 aromatic rings. The Kier molecular flexibility index (Phi) is 3.07. The normalized spacial score (nSPS) is 9.50. The molecule has 0 unspecified atom stereocenters. The second-order valence-corrected chi connectivity index (χ2v) is 2.38. The summed E-state index contributed by atoms with van der Waals surface area (Å²) < 4.78 is 11.1. The second-order valence-electron chi connectivity index (χ2n) is 1.98. The maximum absolute atomic E-state index is 11.1. The molecule has 1 aromatic carbocycles. The van der Waals surface area contributed by atoms with Gasteiger partial charge in [-0.25, -0.2) is 0 Å². The predicted octanol–water partition coefficient (Wildman–Crippen LogP) is 1.95. The monoisotopic (exact) mass is 188 g/mol. The number of carbonyl (C=O) groups is 1. The van der Waals surface area contributed by atoms with Crippen molar-refractivity contribution in [2.45, 2.75) is 0 Å². The summed E-state index contributed by atoms with van der Waals surface area (Å²) in [6.45, 7) is 0. The van der Waals surface area contributed by atoms with Crippen LogP contribution in [-0.2, 0) is 5.09 Å². The highest BCUT2D eigenvalue weighted by Gasteiger charge is 2.00. The van der Waals surface area contributed by atoms with Crippen LogP contribution in [-0.4, -0.2) is 5.12 Å². The summed E-state index contributed by atoms with van der Waals surface area (Å²) in [5.41, 5.74) is 0.407. The molecule has 12 heavy (non-hydrogen) atoms. The van der Waals surface area contributed by atoms with Gasteiger partial charge in [0.15, 0.2) is 5.75 Å². The summed E-state index contributed by atoms with van der Waals surface area (Å²) in [7, 11) is 0. The van der Waals surface area contributed by atoms with E-state index in [1.807, 2.05) is 0 Å². The molecule has 0 radical (unpaired) electrons. The van der Waals surface area contributed by atoms with Crippen LogP contribution >= 0.6 is 12.6 Å². The molecule has 0 saturated carbocycles. The van der Waals surface area contributed by atoms with Gasteiger partial charge in [-0.3, -0.25) is 4.79 Å². The molecule has 0 bridgehead atoms. The average Bonchev–Trinajstić information content (AvgIpc) is 2.06. The Morgan fingerprint density at radius 3 is 2.33 bits per heavy atom. The number of halogens is 1. The smallest absolute Gasteiger partial charge is 0.216 e. The third kappa shape index (κ3) is 2.21. The minimum atomic E-state index is -0.359. The van der Waals surface area contributed by atoms with Crippen LogP contribution in [0.3, 0.4) is 0 Å². The Morgan fingerprint density at radius 1 is 1.33 bits per heavy atom. The summed E-state index contributed by atoms with van der Waals surface area (Å²) in [5.74, 6) is 0.177. The van der Waals surface area contributed by atoms with E-state index in [9.17, 15) is 9.32 Å². The first-order chi connectivity index (χ1) is 5.74. The molecule has 64 valence electrons. The first-order valence-electron chi connectivity index (χ1n) is 3.02. The third-order valence-corrected chi connectivity index (χ3v) is 1.49. The maximum Gasteiger partial charge on any atom is 0.216 e. The van der Waals surface area contributed by atoms with Crippen LogP contribution in [0.2, 0.25) is 0 Å². The molecule has 0 amide bonds. The van der Waals surface area contributed by atoms with Gasteiger partial charge in [-0.15, -0.1) is 12.6 Å². The van der Waals surface area contributed by atoms with Gasteiger partial charge in [0.25, 0.3) is 0 Å². The van der Waals surface area contributed by atoms with Crippen molar-refractivity contribution in [1.82, 2.24) is 0 Å². The van der Waals surface area contributed by atoms with E-state index in [-0.39, 0.29) is 10.9 Å². The van der Waals surface area contributed by atoms with Crippen LogP contribution in [0.1, 0.15) is 10.4 Å². The maximum atomic E-state index is 11.1. The molecule has 0 N–H and O–H groups in total. The topological polar surface area (TPSA) is 35.5 Å². The molecular formula is C7H5FO3S. The Balaban J connectivity index is 2.78. The third-order valence-electron chi connectivity index (χ3n) is 1.23. The standard InChI is InChI=1S/C7H5FO3S/c8-11-10-6-3-1-5(2-4-6)7(9)12/h1-4H,(H,9,12). The molecule has 3 nitrogen and oxygen atoms in total. The SMILES string of the molecule is O=C(S)c1ccc(OOF)cc1. The van der Waals surface area contributed by atoms with E-state index in [0.717, 1.165) is 0 Å². The van der Waals surface area contributed by atoms with Crippen molar-refractivity contribution in [2.24, 2.45) is 0 Å². The van der Waals surface area contributed by atoms with Gasteiger partial charge in [0.05, 0.1) is 0 Å². The van der Waals surface area contributed by atoms with E-state index in [1.54, 1.807) is 0 Å². The molecule has 0 spiro atoms. The Bertz CT molecular complexity index is 272. The van der Waals surface area contributed by atoms with Crippen molar-refractivity contribution in [1.29, 1.82) is 0 Å². The summed E-state index contributed by atoms with van der Waals surface area (Å²) >= 11 is 3.59. The van der Waals surface area contributed by atoms with Crippen molar-refractivity contribution in [3.8, 4) is 5.75 Å². The Labute approximate surface area is 73.3 Å². The molecule has 0 aliphatic rings. The zero-order chi connectivity index (χ0) is 8.97. The second kappa shape index (κ2) is 4.08. The molecule has 0 saturated heterocycles. The Morgan fingerprint density at radius 2 is 1.92 bits per heavy atom. The van der Waals surface area contributed by atoms with Gasteiger partial charge < -0.3 is 4.89 Å². The van der Waals surface area contributed by atoms with Gasteiger partial charge in [0.2, 0.25) is 5.12 Å². The molecule has 0 aliphatic heterocycles. The van der Waals surface area contributed by atoms with Crippen molar-refractivity contribution >= 4 is 17.7 Å². The van der Waals surface area contributed by atoms with E-state index >= 15 is 0 Å². The van der Waals surface area contributed by atoms with E-state index in [0.29, 0.717) is 5.56 Å². The van der Waals surface area contributed by atoms with Gasteiger partial charge >= 0.3 is 0 Å². The van der Waals surface area contributed by atoms with Crippen LogP contribution in [0.25, 0.3) is 0 Å². The number of rotatable bonds is 3. The highest BCUT2D eigenvalue weighted by Crippen LogP contribution is 2.13. The summed E-state index contributed by atoms with van der Waals surface area (Å²) in [6, 6.07) is 5.68. The first-order valence-corrected chi connectivity index (χ1v) is 3.47. The van der Waals surface area contributed by atoms with E-state index in [1.165, 1.54) is 24.3 Å². The fourth-order valence-corrected chi connectivity index (χ4v) is 0.839. The number of hydrogen-bond acceptors (Lipinski definition) is 3. The summed E-state index contributed by atoms with van der Waals surface area (Å²) in [4.78, 5) is 14.7. The number of thiol groups is 1. The van der Waals surface area contributed by atoms with Crippen molar-refractivity contribution in [2.75, 3.05) is 0 Å². The number of carbonyl (C=O) groups excluding carboxylic acids is 1. The van der Waals surface area contributed by atoms with Crippen molar-refractivity contribution in [3.63, 3.8) is 0 Å². The lowest BCUT2D eigenvalue weighted by atomic mass is 10.2. The molecule has 0 aliphatic carbocycles. The number of benzene rings is 1. The molecule has 0 heterocycles. The number of hydrogen-bond donors (Lipinski definition) is 1. The van der Waals surface area contributed by atoms with Crippen molar-refractivity contribution < 1.29 is 19.3 Å². The molecule has 0 atom stereocenters. The van der Waals surface area contributed by atoms with Gasteiger partial charge in [0.1, 0.15) is 0 Å². The van der Waals surface area contributed by atoms with Crippen LogP contribution < -0.4 is 4.89 Å². The quantitative estimate of drug-likeness (QED) is 0.447. The van der Waals surface area contributed by atoms with Crippen LogP contribution in [0, 0.1) is 0 Å². The Hall–Kier alpha value is -1.07. The van der Waals surface area contributed by atoms with Crippen LogP contribution in [0.15, 0.2) is 24.3 Å². The minimum absolute atomic E-state index is 0.177. The highest BCUT2D eigenvalue weighted by atomic mass is 32.1. The lowest BCUT2D eigenvalue weighted by molar-refractivity contribution is -0.367. The van der Waals surface area contributed by atoms with E-state index in [4.69, 9.17) is 0 Å². The van der Waals surface area contributed by atoms with E-state index in [2.05, 4.69) is 22.6 Å². The molecule has 5 heteroatoms. The van der Waals surface area contributed by atoms with Gasteiger partial charge in [0, 0.05) is 10.7 Å². The molecule has 0 aromatic heterocycles. The molecular weight excluding hydrogens is 183 g/mol. The van der Waals surface area contributed by atoms with Crippen LogP contribution in [0.4, 0.5) is 4.53 Å². The zero-order valence-electron chi connectivity index (χ0n) is 5.86. The lowest BCUT2D eigenvalue weighted by Crippen LogP contribution is -1.90. The summed E-state index contributed by atoms with van der Waals surface area (Å²) in [6.07, 6.45) is 0. The fraction of sp³-hybridized carbons (Fsp3) is 0. The molecule has 1 rings (SSSR count). The molecule has 0 fully saturated rings. The van der Waals surface area contributed by atoms with Gasteiger partial charge in [-0.05, 0) is 28.8 Å². The minimum Gasteiger partial charge on any atom is -0.304 e. The highest BCUT2D eigenvalue weighted by molar-refractivity contribution is 7.97. The van der Waals surface area contributed by atoms with Gasteiger partial charge in [-0.1, -0.05) is 0 Å². The fourth-order valence-electron chi connectivity index (χ4n) is 0.689. The van der Waals surface area contributed by atoms with Crippen LogP contribution in [0.5, 0.6) is 5.75 Å². The van der Waals surface area contributed by atoms with Crippen molar-refractivity contribution in [3.05, 3.63) is 29.8 Å². The predicted molar refractivity (Wildman–Crippen MR) is 42.6 cm³/mol. The largest absolute Gasteiger partial charge is 0.304 e.